The van der Waals surface area contributed by atoms with E-state index in [1.807, 2.05) is 0 Å². The molecule has 0 radical (unpaired) electrons. The molecular formula is C101H110N4. The molecule has 4 heteroatoms. The Hall–Kier alpha value is -10.2. The van der Waals surface area contributed by atoms with Crippen LogP contribution in [-0.2, 0) is 43.9 Å². The Morgan fingerprint density at radius 1 is 0.238 bits per heavy atom. The first-order valence-corrected chi connectivity index (χ1v) is 39.9. The molecule has 1 aliphatic rings. The molecule has 0 fully saturated rings. The van der Waals surface area contributed by atoms with Crippen LogP contribution in [0, 0.1) is 6.92 Å². The highest BCUT2D eigenvalue weighted by atomic mass is 15.2. The fraction of sp³-hybridized carbons (Fsp3) is 0.287. The average molecular weight is 1380 g/mol. The Labute approximate surface area is 630 Å². The molecule has 0 saturated heterocycles. The van der Waals surface area contributed by atoms with E-state index >= 15 is 0 Å². The molecule has 105 heavy (non-hydrogen) atoms. The maximum atomic E-state index is 2.54. The van der Waals surface area contributed by atoms with Gasteiger partial charge >= 0.3 is 0 Å². The zero-order valence-electron chi connectivity index (χ0n) is 64.2. The number of aryl methyl sites for hydroxylation is 7. The van der Waals surface area contributed by atoms with Gasteiger partial charge in [-0.15, -0.1) is 0 Å². The molecule has 12 aromatic rings. The molecule has 0 saturated carbocycles. The second kappa shape index (κ2) is 34.6. The molecular weight excluding hydrogens is 1270 g/mol. The summed E-state index contributed by atoms with van der Waals surface area (Å²) < 4.78 is 0. The molecule has 13 rings (SSSR count). The predicted molar refractivity (Wildman–Crippen MR) is 453 cm³/mol. The quantitative estimate of drug-likeness (QED) is 0.0406. The van der Waals surface area contributed by atoms with E-state index in [9.17, 15) is 0 Å². The third-order valence-corrected chi connectivity index (χ3v) is 21.9. The molecule has 0 heterocycles. The predicted octanol–water partition coefficient (Wildman–Crippen LogP) is 29.4. The Kier molecular flexibility index (Phi) is 24.1. The van der Waals surface area contributed by atoms with Crippen molar-refractivity contribution in [3.05, 3.63) is 346 Å². The maximum Gasteiger partial charge on any atom is 0.0713 e. The lowest BCUT2D eigenvalue weighted by atomic mass is 9.67. The summed E-state index contributed by atoms with van der Waals surface area (Å²) in [7, 11) is 0. The molecule has 12 aromatic carbocycles. The van der Waals surface area contributed by atoms with E-state index in [1.54, 1.807) is 0 Å². The normalized spacial score (nSPS) is 12.1. The van der Waals surface area contributed by atoms with Gasteiger partial charge in [-0.3, -0.25) is 0 Å². The third kappa shape index (κ3) is 16.4. The summed E-state index contributed by atoms with van der Waals surface area (Å²) in [5.74, 6) is 0.336. The number of anilines is 12. The van der Waals surface area contributed by atoms with Crippen LogP contribution in [0.15, 0.2) is 279 Å². The molecule has 0 aliphatic heterocycles. The van der Waals surface area contributed by atoms with Crippen LogP contribution in [0.4, 0.5) is 68.2 Å². The van der Waals surface area contributed by atoms with Gasteiger partial charge in [0.1, 0.15) is 0 Å². The number of benzene rings is 12. The van der Waals surface area contributed by atoms with E-state index in [4.69, 9.17) is 0 Å². The standard InChI is InChI=1S/C101H110N4/c1-10-16-22-76-29-46-85(47-30-76)102(86-48-31-77(32-49-86)23-17-11-2)93-62-66-95(67-63-93)104(89-54-37-80(38-55-89)26-20-14-5)91-58-42-83(43-59-91)101(99-72-75(9)28-70-97(99)98-71-41-82(74(7)8)73-100(98)101)84-44-60-92(61-45-84)105(90-56-39-81(40-57-90)27-21-15-6)96-68-64-94(65-69-96)103(87-50-33-78(34-51-87)24-18-12-3)88-52-35-79(36-53-88)25-19-13-4/h28-74H,10-27H2,1-9H3. The van der Waals surface area contributed by atoms with Crippen LogP contribution in [0.1, 0.15) is 205 Å². The molecule has 4 nitrogen and oxygen atoms in total. The van der Waals surface area contributed by atoms with E-state index in [0.717, 1.165) is 107 Å². The minimum absolute atomic E-state index is 0.336. The number of hydrogen-bond acceptors (Lipinski definition) is 4. The zero-order valence-corrected chi connectivity index (χ0v) is 64.2. The second-order valence-electron chi connectivity index (χ2n) is 29.8. The van der Waals surface area contributed by atoms with Gasteiger partial charge in [0, 0.05) is 68.2 Å². The third-order valence-electron chi connectivity index (χ3n) is 21.9. The highest BCUT2D eigenvalue weighted by molar-refractivity contribution is 5.89. The fourth-order valence-electron chi connectivity index (χ4n) is 15.8. The second-order valence-corrected chi connectivity index (χ2v) is 29.8. The Morgan fingerprint density at radius 3 is 0.657 bits per heavy atom. The minimum atomic E-state index is -0.656. The highest BCUT2D eigenvalue weighted by Gasteiger charge is 2.47. The number of unbranched alkanes of at least 4 members (excludes halogenated alkanes) is 6. The van der Waals surface area contributed by atoms with Gasteiger partial charge in [-0.1, -0.05) is 233 Å². The Balaban J connectivity index is 0.917. The summed E-state index contributed by atoms with van der Waals surface area (Å²) in [6, 6.07) is 108. The van der Waals surface area contributed by atoms with E-state index in [2.05, 4.69) is 361 Å². The van der Waals surface area contributed by atoms with Gasteiger partial charge in [-0.25, -0.2) is 0 Å². The first kappa shape index (κ1) is 73.2. The SMILES string of the molecule is CCCCc1ccc(N(c2ccc(CCCC)cc2)c2ccc(N(c3ccc(CCCC)cc3)c3ccc(C4(c5ccc(N(c6ccc(CCCC)cc6)c6ccc(N(c7ccc(CCCC)cc7)c7ccc(CCCC)cc7)cc6)cc5)c5cc(C)ccc5-c5ccc(C(C)C)cc54)cc3)cc2)cc1. The van der Waals surface area contributed by atoms with Crippen molar-refractivity contribution in [1.29, 1.82) is 0 Å². The lowest BCUT2D eigenvalue weighted by molar-refractivity contribution is 0.761. The molecule has 0 atom stereocenters. The van der Waals surface area contributed by atoms with Gasteiger partial charge in [0.2, 0.25) is 0 Å². The summed E-state index contributed by atoms with van der Waals surface area (Å²) in [6.07, 6.45) is 20.7. The van der Waals surface area contributed by atoms with E-state index in [0.29, 0.717) is 5.92 Å². The smallest absolute Gasteiger partial charge is 0.0713 e. The van der Waals surface area contributed by atoms with Crippen molar-refractivity contribution in [3.63, 3.8) is 0 Å². The van der Waals surface area contributed by atoms with Gasteiger partial charge < -0.3 is 19.6 Å². The lowest BCUT2D eigenvalue weighted by Gasteiger charge is -2.35. The summed E-state index contributed by atoms with van der Waals surface area (Å²) in [4.78, 5) is 9.76. The highest BCUT2D eigenvalue weighted by Crippen LogP contribution is 2.58. The molecule has 0 N–H and O–H groups in total. The van der Waals surface area contributed by atoms with Gasteiger partial charge in [0.05, 0.1) is 5.41 Å². The molecule has 1 aliphatic carbocycles. The van der Waals surface area contributed by atoms with Crippen LogP contribution in [0.3, 0.4) is 0 Å². The summed E-state index contributed by atoms with van der Waals surface area (Å²) >= 11 is 0. The zero-order chi connectivity index (χ0) is 72.7. The average Bonchev–Trinajstić information content (AvgIpc) is 1.54. The summed E-state index contributed by atoms with van der Waals surface area (Å²) in [5.41, 5.74) is 31.4. The first-order chi connectivity index (χ1) is 51.5. The fourth-order valence-corrected chi connectivity index (χ4v) is 15.8. The molecule has 0 unspecified atom stereocenters. The molecule has 534 valence electrons. The molecule has 0 aromatic heterocycles. The van der Waals surface area contributed by atoms with Crippen molar-refractivity contribution >= 4 is 68.2 Å². The Bertz CT molecular complexity index is 4350. The van der Waals surface area contributed by atoms with Crippen molar-refractivity contribution in [2.45, 2.75) is 189 Å². The van der Waals surface area contributed by atoms with Crippen LogP contribution in [0.5, 0.6) is 0 Å². The van der Waals surface area contributed by atoms with E-state index < -0.39 is 5.41 Å². The van der Waals surface area contributed by atoms with Crippen LogP contribution >= 0.6 is 0 Å². The molecule has 0 bridgehead atoms. The first-order valence-electron chi connectivity index (χ1n) is 39.9. The van der Waals surface area contributed by atoms with Crippen molar-refractivity contribution in [2.75, 3.05) is 19.6 Å². The number of hydrogen-bond donors (Lipinski definition) is 0. The van der Waals surface area contributed by atoms with E-state index in [1.165, 1.54) is 155 Å². The number of nitrogens with zero attached hydrogens (tertiary/aromatic N) is 4. The van der Waals surface area contributed by atoms with Crippen molar-refractivity contribution in [2.24, 2.45) is 0 Å². The molecule has 0 amide bonds. The maximum absolute atomic E-state index is 2.54. The van der Waals surface area contributed by atoms with Gasteiger partial charge in [0.25, 0.3) is 0 Å². The van der Waals surface area contributed by atoms with Crippen LogP contribution < -0.4 is 19.6 Å². The van der Waals surface area contributed by atoms with Gasteiger partial charge in [0.15, 0.2) is 0 Å². The largest absolute Gasteiger partial charge is 0.311 e. The summed E-state index contributed by atoms with van der Waals surface area (Å²) in [5, 5.41) is 0. The monoisotopic (exact) mass is 1380 g/mol. The number of rotatable bonds is 33. The van der Waals surface area contributed by atoms with Crippen molar-refractivity contribution in [3.8, 4) is 11.1 Å². The lowest BCUT2D eigenvalue weighted by Crippen LogP contribution is -2.29. The Morgan fingerprint density at radius 2 is 0.438 bits per heavy atom. The molecule has 0 spiro atoms. The van der Waals surface area contributed by atoms with Crippen LogP contribution in [-0.4, -0.2) is 0 Å². The van der Waals surface area contributed by atoms with Crippen molar-refractivity contribution < 1.29 is 0 Å². The summed E-state index contributed by atoms with van der Waals surface area (Å²) in [6.45, 7) is 20.6. The number of fused-ring (bicyclic) bond motifs is 3. The van der Waals surface area contributed by atoms with E-state index in [-0.39, 0.29) is 0 Å². The minimum Gasteiger partial charge on any atom is -0.311 e. The van der Waals surface area contributed by atoms with Crippen LogP contribution in [0.2, 0.25) is 0 Å². The van der Waals surface area contributed by atoms with Crippen molar-refractivity contribution in [1.82, 2.24) is 0 Å². The van der Waals surface area contributed by atoms with Gasteiger partial charge in [-0.2, -0.15) is 0 Å². The topological polar surface area (TPSA) is 13.0 Å². The van der Waals surface area contributed by atoms with Crippen LogP contribution in [0.25, 0.3) is 11.1 Å². The van der Waals surface area contributed by atoms with Gasteiger partial charge in [-0.05, 0) is 308 Å².